The van der Waals surface area contributed by atoms with Gasteiger partial charge in [-0.1, -0.05) is 0 Å². The molecular weight excluding hydrogens is 261 g/mol. The molecule has 0 heterocycles. The number of rotatable bonds is 8. The van der Waals surface area contributed by atoms with Crippen LogP contribution in [-0.4, -0.2) is 48.0 Å². The summed E-state index contributed by atoms with van der Waals surface area (Å²) in [4.78, 5) is 0. The third-order valence-corrected chi connectivity index (χ3v) is 4.17. The van der Waals surface area contributed by atoms with Crippen LogP contribution in [0.3, 0.4) is 0 Å². The van der Waals surface area contributed by atoms with E-state index in [9.17, 15) is 0 Å². The summed E-state index contributed by atoms with van der Waals surface area (Å²) in [6.45, 7) is 9.68. The van der Waals surface area contributed by atoms with Crippen LogP contribution in [0.5, 0.6) is 0 Å². The van der Waals surface area contributed by atoms with Crippen LogP contribution in [0.1, 0.15) is 20.8 Å². The van der Waals surface area contributed by atoms with E-state index in [1.54, 1.807) is 0 Å². The van der Waals surface area contributed by atoms with Gasteiger partial charge in [0.25, 0.3) is 0 Å². The van der Waals surface area contributed by atoms with Crippen LogP contribution in [0.4, 0.5) is 0 Å². The Hall–Kier alpha value is 0.679. The fourth-order valence-corrected chi connectivity index (χ4v) is 2.49. The third kappa shape index (κ3) is 8.77. The zero-order chi connectivity index (χ0) is 9.23. The first-order valence-electron chi connectivity index (χ1n) is 4.47. The van der Waals surface area contributed by atoms with Gasteiger partial charge in [0.1, 0.15) is 0 Å². The van der Waals surface area contributed by atoms with Crippen molar-refractivity contribution in [3.63, 3.8) is 0 Å². The van der Waals surface area contributed by atoms with E-state index in [0.29, 0.717) is 10.7 Å². The van der Waals surface area contributed by atoms with Gasteiger partial charge in [0, 0.05) is 0 Å². The van der Waals surface area contributed by atoms with Gasteiger partial charge in [-0.05, 0) is 0 Å². The molecule has 2 radical (unpaired) electrons. The van der Waals surface area contributed by atoms with Gasteiger partial charge in [0.2, 0.25) is 0 Å². The zero-order valence-electron chi connectivity index (χ0n) is 8.22. The van der Waals surface area contributed by atoms with Gasteiger partial charge in [0.05, 0.1) is 0 Å². The molecule has 0 fully saturated rings. The molecule has 0 bridgehead atoms. The van der Waals surface area contributed by atoms with Crippen molar-refractivity contribution in [3.8, 4) is 0 Å². The number of nitrogens with one attached hydrogen (secondary N) is 1. The second-order valence-electron chi connectivity index (χ2n) is 2.57. The normalized spacial score (nSPS) is 13.2. The summed E-state index contributed by atoms with van der Waals surface area (Å²) >= 11 is -0.608. The van der Waals surface area contributed by atoms with Crippen LogP contribution >= 0.6 is 0 Å². The Morgan fingerprint density at radius 2 is 2.17 bits per heavy atom. The predicted molar refractivity (Wildman–Crippen MR) is 51.3 cm³/mol. The van der Waals surface area contributed by atoms with Gasteiger partial charge in [-0.2, -0.15) is 0 Å². The van der Waals surface area contributed by atoms with Crippen molar-refractivity contribution in [1.29, 1.82) is 0 Å². The van der Waals surface area contributed by atoms with Crippen molar-refractivity contribution in [1.82, 2.24) is 5.32 Å². The van der Waals surface area contributed by atoms with E-state index in [-0.39, 0.29) is 0 Å². The molecule has 1 N–H and O–H groups in total. The van der Waals surface area contributed by atoms with E-state index in [2.05, 4.69) is 19.2 Å². The average molecular weight is 280 g/mol. The van der Waals surface area contributed by atoms with E-state index in [1.165, 1.54) is 0 Å². The van der Waals surface area contributed by atoms with E-state index in [1.807, 2.05) is 6.92 Å². The van der Waals surface area contributed by atoms with E-state index < -0.39 is 21.6 Å². The first-order valence-corrected chi connectivity index (χ1v) is 7.28. The summed E-state index contributed by atoms with van der Waals surface area (Å²) in [7, 11) is 0. The van der Waals surface area contributed by atoms with Crippen LogP contribution in [0.25, 0.3) is 0 Å². The fourth-order valence-electron chi connectivity index (χ4n) is 0.670. The molecule has 0 aromatic rings. The second kappa shape index (κ2) is 9.76. The SMILES string of the molecule is CCNCOC[CH](C)[Sn][O]CC. The van der Waals surface area contributed by atoms with Crippen molar-refractivity contribution in [2.75, 3.05) is 26.5 Å². The maximum absolute atomic E-state index is 5.42. The summed E-state index contributed by atoms with van der Waals surface area (Å²) in [5.41, 5.74) is 0. The molecule has 72 valence electrons. The van der Waals surface area contributed by atoms with Crippen LogP contribution in [-0.2, 0) is 7.81 Å². The zero-order valence-corrected chi connectivity index (χ0v) is 11.1. The van der Waals surface area contributed by atoms with Gasteiger partial charge in [-0.3, -0.25) is 0 Å². The van der Waals surface area contributed by atoms with Crippen LogP contribution in [0.15, 0.2) is 0 Å². The Balaban J connectivity index is 3.02. The minimum absolute atomic E-state index is 0.608. The van der Waals surface area contributed by atoms with Gasteiger partial charge in [0.15, 0.2) is 0 Å². The molecule has 0 aliphatic heterocycles. The molecule has 0 saturated heterocycles. The molecule has 12 heavy (non-hydrogen) atoms. The van der Waals surface area contributed by atoms with E-state index in [4.69, 9.17) is 7.81 Å². The van der Waals surface area contributed by atoms with Crippen LogP contribution in [0, 0.1) is 0 Å². The molecule has 3 nitrogen and oxygen atoms in total. The Morgan fingerprint density at radius 1 is 1.42 bits per heavy atom. The molecule has 0 saturated carbocycles. The van der Waals surface area contributed by atoms with Crippen molar-refractivity contribution in [3.05, 3.63) is 0 Å². The summed E-state index contributed by atoms with van der Waals surface area (Å²) in [5, 5.41) is 3.12. The Bertz CT molecular complexity index is 93.1. The fraction of sp³-hybridized carbons (Fsp3) is 1.00. The Kier molecular flexibility index (Phi) is 10.3. The van der Waals surface area contributed by atoms with E-state index in [0.717, 1.165) is 19.8 Å². The van der Waals surface area contributed by atoms with Crippen molar-refractivity contribution >= 4 is 21.6 Å². The molecule has 1 atom stereocenters. The summed E-state index contributed by atoms with van der Waals surface area (Å²) in [6.07, 6.45) is 0. The molecule has 0 rings (SSSR count). The minimum atomic E-state index is -0.608. The van der Waals surface area contributed by atoms with Crippen molar-refractivity contribution in [2.45, 2.75) is 24.7 Å². The van der Waals surface area contributed by atoms with Crippen molar-refractivity contribution < 1.29 is 7.81 Å². The molecule has 0 aromatic carbocycles. The topological polar surface area (TPSA) is 30.5 Å². The van der Waals surface area contributed by atoms with Gasteiger partial charge >= 0.3 is 85.9 Å². The Morgan fingerprint density at radius 3 is 2.75 bits per heavy atom. The molecule has 0 aliphatic rings. The Labute approximate surface area is 86.0 Å². The molecule has 4 heteroatoms. The van der Waals surface area contributed by atoms with Crippen molar-refractivity contribution in [2.24, 2.45) is 0 Å². The quantitative estimate of drug-likeness (QED) is 0.409. The molecule has 0 amide bonds. The standard InChI is InChI=1S/C6H14NO.C2H5O.Sn/c1-3-5-8-6-7-4-2;1-2-3;/h3,7H,4-6H2,1-2H3;2H2,1H3;/q;-1;+1. The molecular formula is C8H19NO2Sn. The molecule has 0 spiro atoms. The second-order valence-corrected chi connectivity index (χ2v) is 6.88. The predicted octanol–water partition coefficient (Wildman–Crippen LogP) is 1.03. The number of ether oxygens (including phenoxy) is 1. The maximum atomic E-state index is 5.42. The van der Waals surface area contributed by atoms with E-state index >= 15 is 0 Å². The first-order chi connectivity index (χ1) is 5.81. The van der Waals surface area contributed by atoms with Crippen LogP contribution < -0.4 is 5.32 Å². The van der Waals surface area contributed by atoms with Crippen LogP contribution in [0.2, 0.25) is 3.93 Å². The molecule has 0 aliphatic carbocycles. The third-order valence-electron chi connectivity index (χ3n) is 1.25. The number of hydrogen-bond donors (Lipinski definition) is 1. The summed E-state index contributed by atoms with van der Waals surface area (Å²) in [6, 6.07) is 0. The summed E-state index contributed by atoms with van der Waals surface area (Å²) < 4.78 is 11.5. The summed E-state index contributed by atoms with van der Waals surface area (Å²) in [5.74, 6) is 0. The molecule has 1 unspecified atom stereocenters. The monoisotopic (exact) mass is 281 g/mol. The average Bonchev–Trinajstić information content (AvgIpc) is 2.09. The van der Waals surface area contributed by atoms with Gasteiger partial charge in [-0.15, -0.1) is 0 Å². The number of hydrogen-bond acceptors (Lipinski definition) is 3. The van der Waals surface area contributed by atoms with Gasteiger partial charge in [-0.25, -0.2) is 0 Å². The molecule has 0 aromatic heterocycles. The first kappa shape index (κ1) is 12.7. The van der Waals surface area contributed by atoms with Gasteiger partial charge < -0.3 is 0 Å².